The van der Waals surface area contributed by atoms with E-state index in [-0.39, 0.29) is 12.4 Å². The van der Waals surface area contributed by atoms with Crippen LogP contribution >= 0.6 is 0 Å². The summed E-state index contributed by atoms with van der Waals surface area (Å²) in [4.78, 5) is 29.4. The van der Waals surface area contributed by atoms with Crippen LogP contribution in [0.1, 0.15) is 27.4 Å². The lowest BCUT2D eigenvalue weighted by atomic mass is 10.2. The number of aromatic nitrogens is 2. The van der Waals surface area contributed by atoms with E-state index in [1.165, 1.54) is 0 Å². The summed E-state index contributed by atoms with van der Waals surface area (Å²) >= 11 is 0. The van der Waals surface area contributed by atoms with Gasteiger partial charge in [0.25, 0.3) is 5.56 Å². The van der Waals surface area contributed by atoms with Gasteiger partial charge in [0, 0.05) is 11.8 Å². The predicted molar refractivity (Wildman–Crippen MR) is 87.9 cm³/mol. The van der Waals surface area contributed by atoms with Crippen molar-refractivity contribution in [2.24, 2.45) is 0 Å². The Bertz CT molecular complexity index is 1020. The summed E-state index contributed by atoms with van der Waals surface area (Å²) in [6.07, 6.45) is -4.02. The van der Waals surface area contributed by atoms with Crippen molar-refractivity contribution in [3.8, 4) is 11.5 Å². The number of hydrogen-bond donors (Lipinski definition) is 1. The number of aromatic amines is 1. The Balaban J connectivity index is 1.75. The molecule has 0 bridgehead atoms. The van der Waals surface area contributed by atoms with E-state index in [2.05, 4.69) is 4.98 Å². The third-order valence-corrected chi connectivity index (χ3v) is 3.69. The molecule has 3 rings (SSSR count). The third-order valence-electron chi connectivity index (χ3n) is 3.69. The van der Waals surface area contributed by atoms with Gasteiger partial charge in [-0.2, -0.15) is 13.2 Å². The van der Waals surface area contributed by atoms with Gasteiger partial charge in [-0.05, 0) is 25.1 Å². The molecule has 0 atom stereocenters. The van der Waals surface area contributed by atoms with Crippen molar-refractivity contribution in [2.75, 3.05) is 0 Å². The zero-order chi connectivity index (χ0) is 19.6. The number of pyridine rings is 1. The van der Waals surface area contributed by atoms with E-state index >= 15 is 0 Å². The first-order valence-corrected chi connectivity index (χ1v) is 7.74. The molecule has 0 amide bonds. The molecule has 0 saturated heterocycles. The second kappa shape index (κ2) is 7.10. The quantitative estimate of drug-likeness (QED) is 0.700. The van der Waals surface area contributed by atoms with Crippen molar-refractivity contribution in [3.05, 3.63) is 75.5 Å². The van der Waals surface area contributed by atoms with Crippen LogP contribution in [-0.2, 0) is 17.5 Å². The second-order valence-electron chi connectivity index (χ2n) is 5.60. The fourth-order valence-corrected chi connectivity index (χ4v) is 2.29. The summed E-state index contributed by atoms with van der Waals surface area (Å²) in [5, 5.41) is 0. The first-order valence-electron chi connectivity index (χ1n) is 7.74. The highest BCUT2D eigenvalue weighted by molar-refractivity contribution is 5.89. The largest absolute Gasteiger partial charge is 0.454 e. The Morgan fingerprint density at radius 2 is 1.96 bits per heavy atom. The lowest BCUT2D eigenvalue weighted by Crippen LogP contribution is -2.22. The molecule has 2 heterocycles. The van der Waals surface area contributed by atoms with Crippen molar-refractivity contribution >= 4 is 5.97 Å². The maximum atomic E-state index is 12.8. The van der Waals surface area contributed by atoms with Crippen molar-refractivity contribution < 1.29 is 27.1 Å². The number of rotatable bonds is 4. The normalized spacial score (nSPS) is 11.4. The van der Waals surface area contributed by atoms with Crippen LogP contribution in [0, 0.1) is 6.92 Å². The molecule has 0 fully saturated rings. The van der Waals surface area contributed by atoms with Crippen molar-refractivity contribution in [2.45, 2.75) is 19.7 Å². The minimum atomic E-state index is -4.88. The molecule has 6 nitrogen and oxygen atoms in total. The van der Waals surface area contributed by atoms with Gasteiger partial charge in [-0.15, -0.1) is 0 Å². The highest BCUT2D eigenvalue weighted by Crippen LogP contribution is 2.27. The average Bonchev–Trinajstić information content (AvgIpc) is 3.00. The van der Waals surface area contributed by atoms with Gasteiger partial charge in [-0.3, -0.25) is 4.79 Å². The fraction of sp³-hybridized carbons (Fsp3) is 0.167. The van der Waals surface area contributed by atoms with Crippen LogP contribution < -0.4 is 5.56 Å². The van der Waals surface area contributed by atoms with Crippen LogP contribution in [0.4, 0.5) is 13.2 Å². The standard InChI is InChI=1S/C18H13F3N2O4/c1-10-14(27-16(23-10)11-5-3-2-4-6-11)9-26-17(25)12-7-13(18(19,20)21)15(24)22-8-12/h2-8H,9H2,1H3,(H,22,24). The van der Waals surface area contributed by atoms with Crippen LogP contribution in [0.2, 0.25) is 0 Å². The van der Waals surface area contributed by atoms with Gasteiger partial charge in [0.15, 0.2) is 12.4 Å². The molecule has 9 heteroatoms. The first kappa shape index (κ1) is 18.4. The summed E-state index contributed by atoms with van der Waals surface area (Å²) in [6, 6.07) is 9.48. The van der Waals surface area contributed by atoms with E-state index < -0.39 is 28.8 Å². The lowest BCUT2D eigenvalue weighted by molar-refractivity contribution is -0.138. The predicted octanol–water partition coefficient (Wildman–Crippen LogP) is 3.71. The number of aryl methyl sites for hydroxylation is 1. The van der Waals surface area contributed by atoms with Gasteiger partial charge in [-0.1, -0.05) is 18.2 Å². The number of H-pyrrole nitrogens is 1. The van der Waals surface area contributed by atoms with Crippen molar-refractivity contribution in [1.29, 1.82) is 0 Å². The number of nitrogens with zero attached hydrogens (tertiary/aromatic N) is 1. The number of esters is 1. The minimum Gasteiger partial charge on any atom is -0.454 e. The topological polar surface area (TPSA) is 85.2 Å². The van der Waals surface area contributed by atoms with E-state index in [0.29, 0.717) is 17.7 Å². The summed E-state index contributed by atoms with van der Waals surface area (Å²) in [5.74, 6) is -0.431. The summed E-state index contributed by atoms with van der Waals surface area (Å²) in [7, 11) is 0. The SMILES string of the molecule is Cc1nc(-c2ccccc2)oc1COC(=O)c1c[nH]c(=O)c(C(F)(F)F)c1. The molecule has 0 spiro atoms. The minimum absolute atomic E-state index is 0.266. The van der Waals surface area contributed by atoms with Crippen molar-refractivity contribution in [3.63, 3.8) is 0 Å². The number of nitrogens with one attached hydrogen (secondary N) is 1. The molecule has 0 aliphatic rings. The van der Waals surface area contributed by atoms with Gasteiger partial charge in [0.1, 0.15) is 5.56 Å². The summed E-state index contributed by atoms with van der Waals surface area (Å²) < 4.78 is 48.8. The Hall–Kier alpha value is -3.36. The third kappa shape index (κ3) is 4.08. The van der Waals surface area contributed by atoms with Crippen LogP contribution in [0.15, 0.2) is 51.8 Å². The molecule has 1 N–H and O–H groups in total. The Kier molecular flexibility index (Phi) is 4.85. The number of benzene rings is 1. The molecule has 2 aromatic heterocycles. The first-order chi connectivity index (χ1) is 12.8. The van der Waals surface area contributed by atoms with E-state index in [0.717, 1.165) is 11.8 Å². The monoisotopic (exact) mass is 378 g/mol. The maximum absolute atomic E-state index is 12.8. The molecule has 0 radical (unpaired) electrons. The van der Waals surface area contributed by atoms with Crippen LogP contribution in [0.25, 0.3) is 11.5 Å². The van der Waals surface area contributed by atoms with Gasteiger partial charge < -0.3 is 14.1 Å². The number of ether oxygens (including phenoxy) is 1. The number of hydrogen-bond acceptors (Lipinski definition) is 5. The molecule has 0 saturated carbocycles. The highest BCUT2D eigenvalue weighted by Gasteiger charge is 2.34. The van der Waals surface area contributed by atoms with Gasteiger partial charge in [-0.25, -0.2) is 9.78 Å². The van der Waals surface area contributed by atoms with E-state index in [4.69, 9.17) is 9.15 Å². The number of alkyl halides is 3. The second-order valence-corrected chi connectivity index (χ2v) is 5.60. The zero-order valence-corrected chi connectivity index (χ0v) is 14.0. The summed E-state index contributed by atoms with van der Waals surface area (Å²) in [5.41, 5.74) is -2.02. The smallest absolute Gasteiger partial charge is 0.421 e. The van der Waals surface area contributed by atoms with E-state index in [1.807, 2.05) is 23.2 Å². The zero-order valence-electron chi connectivity index (χ0n) is 14.0. The summed E-state index contributed by atoms with van der Waals surface area (Å²) in [6.45, 7) is 1.34. The molecule has 3 aromatic rings. The van der Waals surface area contributed by atoms with Gasteiger partial charge in [0.05, 0.1) is 11.3 Å². The molecule has 1 aromatic carbocycles. The molecular weight excluding hydrogens is 365 g/mol. The van der Waals surface area contributed by atoms with Crippen LogP contribution in [0.5, 0.6) is 0 Å². The number of halogens is 3. The maximum Gasteiger partial charge on any atom is 0.421 e. The molecular formula is C18H13F3N2O4. The Morgan fingerprint density at radius 1 is 1.26 bits per heavy atom. The van der Waals surface area contributed by atoms with Crippen molar-refractivity contribution in [1.82, 2.24) is 9.97 Å². The molecule has 0 aliphatic heterocycles. The highest BCUT2D eigenvalue weighted by atomic mass is 19.4. The van der Waals surface area contributed by atoms with Gasteiger partial charge >= 0.3 is 12.1 Å². The molecule has 0 unspecified atom stereocenters. The number of carbonyl (C=O) groups is 1. The van der Waals surface area contributed by atoms with Crippen LogP contribution in [-0.4, -0.2) is 15.9 Å². The van der Waals surface area contributed by atoms with Gasteiger partial charge in [0.2, 0.25) is 5.89 Å². The molecule has 27 heavy (non-hydrogen) atoms. The number of carbonyl (C=O) groups excluding carboxylic acids is 1. The Morgan fingerprint density at radius 3 is 2.63 bits per heavy atom. The fourth-order valence-electron chi connectivity index (χ4n) is 2.29. The van der Waals surface area contributed by atoms with E-state index in [9.17, 15) is 22.8 Å². The van der Waals surface area contributed by atoms with E-state index in [1.54, 1.807) is 19.1 Å². The molecule has 140 valence electrons. The molecule has 0 aliphatic carbocycles. The lowest BCUT2D eigenvalue weighted by Gasteiger charge is -2.07. The Labute approximate surface area is 150 Å². The number of oxazole rings is 1. The average molecular weight is 378 g/mol. The van der Waals surface area contributed by atoms with Crippen LogP contribution in [0.3, 0.4) is 0 Å².